The number of anilines is 5. The molecule has 25 nitrogen and oxygen atoms in total. The molecule has 5 aliphatic heterocycles. The highest BCUT2D eigenvalue weighted by atomic mass is 35.5. The third kappa shape index (κ3) is 35.8. The van der Waals surface area contributed by atoms with E-state index in [9.17, 15) is 24.0 Å². The van der Waals surface area contributed by atoms with E-state index in [0.29, 0.717) is 73.1 Å². The molecule has 30 heteroatoms. The van der Waals surface area contributed by atoms with Gasteiger partial charge in [0.05, 0.1) is 89.2 Å². The third-order valence-electron chi connectivity index (χ3n) is 22.6. The highest BCUT2D eigenvalue weighted by molar-refractivity contribution is 6.35. The standard InChI is InChI=1S/5C22H35ClN4O/c5*1-17-5-4-6-20(21(17)23)27-15-13-26(14-16-27)12-11-18-7-9-19(10-8-18)24-22(28)25(2)3/h5*4-6,18-19H,7-16H2,1-3H3,(H,24,28)/i2D3,4D,5D,6D,7D2,8D2,9D2,10D2,11D2,12D2,18D,19D;4D,5D,6D,7D2,8D2,9D2,10D2,11D2,12D2,18D,19D;2D3,4D,5D,6D,7D2,8D2,9D2,10D2,12D2,18D,19D;2D3,4D,5D,6D,13D2,14D2,15D2,16D2;4D,5D,6D,13D2,14D2,15D2,16D2. The number of rotatable bonds is 25. The highest BCUT2D eigenvalue weighted by Crippen LogP contribution is 2.39. The molecule has 780 valence electrons. The van der Waals surface area contributed by atoms with Gasteiger partial charge in [-0.1, -0.05) is 118 Å². The third-order valence-corrected chi connectivity index (χ3v) is 25.0. The predicted octanol–water partition coefficient (Wildman–Crippen LogP) is 20.0. The van der Waals surface area contributed by atoms with Crippen molar-refractivity contribution in [1.82, 2.24) is 75.6 Å². The van der Waals surface area contributed by atoms with Gasteiger partial charge < -0.3 is 75.6 Å². The van der Waals surface area contributed by atoms with E-state index in [1.54, 1.807) is 24.3 Å². The fourth-order valence-corrected chi connectivity index (χ4v) is 15.3. The lowest BCUT2D eigenvalue weighted by Crippen LogP contribution is -2.47. The molecule has 0 atom stereocenters. The molecule has 0 bridgehead atoms. The number of carbonyl (C=O) groups excluding carboxylic acids is 5. The summed E-state index contributed by atoms with van der Waals surface area (Å²) in [6.07, 6.45) is -53.3. The van der Waals surface area contributed by atoms with Crippen molar-refractivity contribution in [2.75, 3.05) is 258 Å². The number of hydrogen-bond donors (Lipinski definition) is 5. The second-order valence-electron chi connectivity index (χ2n) is 33.4. The quantitative estimate of drug-likeness (QED) is 0.0370. The van der Waals surface area contributed by atoms with E-state index in [1.165, 1.54) is 67.0 Å². The van der Waals surface area contributed by atoms with Gasteiger partial charge in [0, 0.05) is 305 Å². The minimum atomic E-state index is -4.34. The fraction of sp³-hybridized carbons (Fsp3) is 0.682. The van der Waals surface area contributed by atoms with Crippen molar-refractivity contribution in [3.8, 4) is 0 Å². The maximum atomic E-state index is 12.7. The molecule has 10 amide bonds. The minimum absolute atomic E-state index is 0.00729. The number of amides is 10. The molecule has 0 aromatic heterocycles. The molecular formula is C110H175Cl5N20O5. The predicted molar refractivity (Wildman–Crippen MR) is 587 cm³/mol. The minimum Gasteiger partial charge on any atom is -0.368 e. The van der Waals surface area contributed by atoms with Crippen molar-refractivity contribution in [3.63, 3.8) is 0 Å². The van der Waals surface area contributed by atoms with Crippen LogP contribution in [0.4, 0.5) is 52.4 Å². The number of piperazine rings is 5. The van der Waals surface area contributed by atoms with Gasteiger partial charge in [-0.25, -0.2) is 24.0 Å². The molecule has 140 heavy (non-hydrogen) atoms. The monoisotopic (exact) mass is 2110 g/mol. The van der Waals surface area contributed by atoms with Gasteiger partial charge in [0.25, 0.3) is 0 Å². The summed E-state index contributed by atoms with van der Waals surface area (Å²) in [7, 11) is 8.15. The average molecular weight is 2120 g/mol. The van der Waals surface area contributed by atoms with Gasteiger partial charge in [0.1, 0.15) is 0 Å². The Balaban J connectivity index is 0.000000251. The van der Waals surface area contributed by atoms with Gasteiger partial charge in [-0.05, 0) is 315 Å². The first kappa shape index (κ1) is 46.4. The molecule has 15 rings (SSSR count). The SMILES string of the molecule is [2H]c1c([2H])c(C)c(Cl)c(N2C([2H])([2H])C([2H])([2H])N(CCC3CCC(NC(=O)N(C)C([2H])([2H])[2H])CC3)C([2H])([2H])C2([2H])[2H])c1[2H].[2H]c1c([2H])c(C)c(Cl)c(N2C([2H])([2H])C([2H])([2H])N(CCC3CCC(NC(=O)N(C)C)CC3)C([2H])([2H])C2([2H])[2H])c1[2H].[2H]c1c([2H])c(C)c(Cl)c(N2CCN(C([2H])([2H])C([2H])([2H])C3([2H])C([2H])([2H])C([2H])([2H])C([2H])(NC(=O)N(C)C([2H])([2H])[2H])C([2H])([2H])C3([2H])[2H])CC2)c1[2H].[2H]c1c([2H])c(C)c(Cl)c(N2CCN(C([2H])([2H])C([2H])([2H])C3([2H])C([2H])([2H])C([2H])([2H])C([2H])(NC(=O)N(C)C)C([2H])([2H])C3([2H])[2H])CC2)c1[2H].[2H]c1c([2H])c(C)c(Cl)c(N2CCN(C([2H])([2H])CC3([2H])C([2H])([2H])C([2H])([2H])C([2H])(NC(=O)N(C)C([2H])([2H])[2H])C([2H])([2H])C3([2H])[2H])CC2)c1[2H]. The lowest BCUT2D eigenvalue weighted by Gasteiger charge is -2.37. The van der Waals surface area contributed by atoms with Gasteiger partial charge in [-0.2, -0.15) is 0 Å². The highest BCUT2D eigenvalue weighted by Gasteiger charge is 2.33. The van der Waals surface area contributed by atoms with Crippen LogP contribution in [0.25, 0.3) is 0 Å². The Morgan fingerprint density at radius 3 is 0.850 bits per heavy atom. The summed E-state index contributed by atoms with van der Waals surface area (Å²) < 4.78 is 674. The Kier molecular flexibility index (Phi) is 19.1. The molecule has 5 aliphatic carbocycles. The zero-order valence-electron chi connectivity index (χ0n) is 160. The Morgan fingerprint density at radius 1 is 0.321 bits per heavy atom. The van der Waals surface area contributed by atoms with Crippen LogP contribution in [0.1, 0.15) is 297 Å². The van der Waals surface area contributed by atoms with Crippen molar-refractivity contribution in [1.29, 1.82) is 0 Å². The van der Waals surface area contributed by atoms with Gasteiger partial charge in [-0.3, -0.25) is 24.5 Å². The summed E-state index contributed by atoms with van der Waals surface area (Å²) in [4.78, 5) is 73.5. The molecule has 5 saturated carbocycles. The van der Waals surface area contributed by atoms with Crippen LogP contribution in [-0.4, -0.2) is 343 Å². The first-order valence-electron chi connectivity index (χ1n) is 84.8. The molecule has 5 aromatic carbocycles. The molecule has 5 N–H and O–H groups in total. The Morgan fingerprint density at radius 2 is 0.571 bits per heavy atom. The van der Waals surface area contributed by atoms with E-state index >= 15 is 0 Å². The number of hydrogen-bond acceptors (Lipinski definition) is 15. The van der Waals surface area contributed by atoms with Crippen LogP contribution in [0, 0.1) is 64.1 Å². The number of halogens is 5. The second-order valence-corrected chi connectivity index (χ2v) is 35.3. The Labute approximate surface area is 980 Å². The summed E-state index contributed by atoms with van der Waals surface area (Å²) in [6, 6.07) is -24.5. The molecular weight excluding hydrogens is 1860 g/mol. The topological polar surface area (TPSA) is 194 Å². The lowest BCUT2D eigenvalue weighted by molar-refractivity contribution is 0.194. The zero-order chi connectivity index (χ0) is 171. The van der Waals surface area contributed by atoms with Crippen molar-refractivity contribution in [3.05, 3.63) is 144 Å². The van der Waals surface area contributed by atoms with Gasteiger partial charge in [-0.15, -0.1) is 0 Å². The summed E-state index contributed by atoms with van der Waals surface area (Å²) in [5.41, 5.74) is -0.471. The summed E-state index contributed by atoms with van der Waals surface area (Å²) in [5.74, 6) is -12.2. The molecule has 10 aliphatic rings. The molecule has 0 spiro atoms. The van der Waals surface area contributed by atoms with E-state index < -0.39 is 337 Å². The van der Waals surface area contributed by atoms with E-state index in [1.807, 2.05) is 0 Å². The molecule has 0 unspecified atom stereocenters. The van der Waals surface area contributed by atoms with Gasteiger partial charge >= 0.3 is 30.2 Å². The molecule has 5 heterocycles. The van der Waals surface area contributed by atoms with Crippen molar-refractivity contribution < 1.29 is 134 Å². The van der Waals surface area contributed by atoms with E-state index in [-0.39, 0.29) is 237 Å². The van der Waals surface area contributed by atoms with Crippen LogP contribution in [-0.2, 0) is 0 Å². The van der Waals surface area contributed by atoms with Crippen LogP contribution < -0.4 is 51.1 Å². The van der Waals surface area contributed by atoms with Crippen LogP contribution in [0.15, 0.2) is 90.6 Å². The number of carbonyl (C=O) groups is 5. The van der Waals surface area contributed by atoms with E-state index in [2.05, 4.69) is 10.6 Å². The van der Waals surface area contributed by atoms with Crippen molar-refractivity contribution >= 4 is 117 Å². The van der Waals surface area contributed by atoms with Crippen LogP contribution >= 0.6 is 58.0 Å². The summed E-state index contributed by atoms with van der Waals surface area (Å²) in [5, 5.41) is 9.45. The van der Waals surface area contributed by atoms with E-state index in [4.69, 9.17) is 168 Å². The molecule has 0 radical (unpaired) electrons. The maximum Gasteiger partial charge on any atom is 0.317 e. The molecule has 5 saturated heterocycles. The van der Waals surface area contributed by atoms with Crippen molar-refractivity contribution in [2.24, 2.45) is 29.5 Å². The fourth-order valence-electron chi connectivity index (χ4n) is 14.3. The normalized spacial score (nSPS) is 43.0. The smallest absolute Gasteiger partial charge is 0.317 e. The number of urea groups is 5. The van der Waals surface area contributed by atoms with E-state index in [0.717, 1.165) is 40.7 Å². The Hall–Kier alpha value is -7.30. The number of benzene rings is 5. The summed E-state index contributed by atoms with van der Waals surface area (Å²) >= 11 is 31.8. The van der Waals surface area contributed by atoms with Crippen molar-refractivity contribution in [2.45, 2.75) is 225 Å². The van der Waals surface area contributed by atoms with Gasteiger partial charge in [0.15, 0.2) is 0 Å². The molecule has 10 fully saturated rings. The lowest BCUT2D eigenvalue weighted by atomic mass is 9.84. The summed E-state index contributed by atoms with van der Waals surface area (Å²) in [6.45, 7) is -40.3. The van der Waals surface area contributed by atoms with Gasteiger partial charge in [0.2, 0.25) is 0 Å². The van der Waals surface area contributed by atoms with Crippen LogP contribution in [0.2, 0.25) is 25.1 Å². The Bertz CT molecular complexity index is 8500. The zero-order valence-corrected chi connectivity index (χ0v) is 83.4. The number of nitrogens with one attached hydrogen (secondary N) is 5. The average Bonchev–Trinajstić information content (AvgIpc) is 0.642. The largest absolute Gasteiger partial charge is 0.368 e. The van der Waals surface area contributed by atoms with Crippen LogP contribution in [0.5, 0.6) is 0 Å². The maximum absolute atomic E-state index is 12.7. The second kappa shape index (κ2) is 57.6. The first-order valence-corrected chi connectivity index (χ1v) is 46.6. The number of nitrogens with zero attached hydrogens (tertiary/aromatic N) is 15. The molecule has 5 aromatic rings. The first-order chi connectivity index (χ1) is 98.2. The van der Waals surface area contributed by atoms with Crippen LogP contribution in [0.3, 0.4) is 0 Å².